The number of aliphatic hydroxyl groups excluding tert-OH is 9. The van der Waals surface area contributed by atoms with Crippen LogP contribution in [0.25, 0.3) is 0 Å². The van der Waals surface area contributed by atoms with Gasteiger partial charge in [-0.25, -0.2) is 0 Å². The van der Waals surface area contributed by atoms with E-state index in [-0.39, 0.29) is 52.8 Å². The molecule has 4 saturated carbocycles. The van der Waals surface area contributed by atoms with Gasteiger partial charge in [0.2, 0.25) is 0 Å². The van der Waals surface area contributed by atoms with Crippen LogP contribution >= 0.6 is 0 Å². The molecule has 312 valence electrons. The SMILES string of the molecule is CC(C)=CCC[C@H](O[C@@H]1O[C@H](CO)[C@@H](O)[C@H](O)[C@H]1O)[C@H]1CC[C@]2(C)[C@@H]1CC[C@@H]1[C@]3(CO)CC[C@@H](O[C@@H]4O[C@H](CO)[C@@H](O)[C@H](O)[C@H]4O)C(C)(C)[C@H]3CC[C@]12C. The summed E-state index contributed by atoms with van der Waals surface area (Å²) in [4.78, 5) is 0. The first kappa shape index (κ1) is 42.8. The van der Waals surface area contributed by atoms with Gasteiger partial charge in [-0.15, -0.1) is 0 Å². The van der Waals surface area contributed by atoms with Crippen molar-refractivity contribution < 1.29 is 64.9 Å². The van der Waals surface area contributed by atoms with Crippen molar-refractivity contribution >= 4 is 0 Å². The average molecular weight is 771 g/mol. The van der Waals surface area contributed by atoms with Gasteiger partial charge in [0.15, 0.2) is 12.6 Å². The lowest BCUT2D eigenvalue weighted by atomic mass is 9.35. The highest BCUT2D eigenvalue weighted by Crippen LogP contribution is 2.75. The normalized spacial score (nSPS) is 50.8. The van der Waals surface area contributed by atoms with Gasteiger partial charge in [-0.05, 0) is 118 Å². The number of rotatable bonds is 11. The van der Waals surface area contributed by atoms with Gasteiger partial charge in [0, 0.05) is 12.0 Å². The lowest BCUT2D eigenvalue weighted by Gasteiger charge is -2.70. The molecule has 54 heavy (non-hydrogen) atoms. The van der Waals surface area contributed by atoms with Crippen molar-refractivity contribution in [3.63, 3.8) is 0 Å². The van der Waals surface area contributed by atoms with E-state index in [0.29, 0.717) is 18.8 Å². The Kier molecular flexibility index (Phi) is 12.8. The zero-order valence-corrected chi connectivity index (χ0v) is 33.2. The van der Waals surface area contributed by atoms with Crippen molar-refractivity contribution in [2.75, 3.05) is 19.8 Å². The van der Waals surface area contributed by atoms with Gasteiger partial charge in [0.05, 0.1) is 25.4 Å². The molecule has 2 saturated heterocycles. The van der Waals surface area contributed by atoms with Gasteiger partial charge in [0.25, 0.3) is 0 Å². The highest BCUT2D eigenvalue weighted by atomic mass is 16.7. The van der Waals surface area contributed by atoms with E-state index in [4.69, 9.17) is 18.9 Å². The second-order valence-corrected chi connectivity index (χ2v) is 19.2. The highest BCUT2D eigenvalue weighted by molar-refractivity contribution is 5.19. The van der Waals surface area contributed by atoms with Crippen LogP contribution in [0.2, 0.25) is 0 Å². The quantitative estimate of drug-likeness (QED) is 0.108. The summed E-state index contributed by atoms with van der Waals surface area (Å²) in [6.07, 6.45) is -3.30. The Morgan fingerprint density at radius 3 is 1.87 bits per heavy atom. The topological polar surface area (TPSA) is 219 Å². The second-order valence-electron chi connectivity index (χ2n) is 19.2. The van der Waals surface area contributed by atoms with E-state index in [1.54, 1.807) is 0 Å². The van der Waals surface area contributed by atoms with Gasteiger partial charge in [-0.3, -0.25) is 0 Å². The van der Waals surface area contributed by atoms with Crippen molar-refractivity contribution in [1.29, 1.82) is 0 Å². The van der Waals surface area contributed by atoms with E-state index in [9.17, 15) is 46.0 Å². The van der Waals surface area contributed by atoms with Crippen LogP contribution in [0.5, 0.6) is 0 Å². The van der Waals surface area contributed by atoms with Crippen molar-refractivity contribution in [2.45, 2.75) is 179 Å². The molecule has 19 atom stereocenters. The molecule has 0 aromatic heterocycles. The van der Waals surface area contributed by atoms with Gasteiger partial charge in [0.1, 0.15) is 48.8 Å². The molecule has 2 heterocycles. The molecule has 6 aliphatic rings. The Morgan fingerprint density at radius 2 is 1.28 bits per heavy atom. The van der Waals surface area contributed by atoms with Crippen LogP contribution in [-0.2, 0) is 18.9 Å². The van der Waals surface area contributed by atoms with Gasteiger partial charge >= 0.3 is 0 Å². The summed E-state index contributed by atoms with van der Waals surface area (Å²) < 4.78 is 24.7. The fourth-order valence-electron chi connectivity index (χ4n) is 13.0. The Balaban J connectivity index is 1.23. The fraction of sp³-hybridized carbons (Fsp3) is 0.951. The van der Waals surface area contributed by atoms with Gasteiger partial charge in [-0.1, -0.05) is 39.3 Å². The third-order valence-electron chi connectivity index (χ3n) is 16.2. The van der Waals surface area contributed by atoms with Gasteiger partial charge in [-0.2, -0.15) is 0 Å². The number of fused-ring (bicyclic) bond motifs is 5. The maximum absolute atomic E-state index is 11.5. The van der Waals surface area contributed by atoms with Crippen molar-refractivity contribution in [1.82, 2.24) is 0 Å². The second kappa shape index (κ2) is 16.1. The number of ether oxygens (including phenoxy) is 4. The third-order valence-corrected chi connectivity index (χ3v) is 16.2. The summed E-state index contributed by atoms with van der Waals surface area (Å²) in [5, 5.41) is 94.6. The van der Waals surface area contributed by atoms with Gasteiger partial charge < -0.3 is 64.9 Å². The maximum Gasteiger partial charge on any atom is 0.186 e. The molecule has 0 spiro atoms. The number of hydrogen-bond donors (Lipinski definition) is 9. The van der Waals surface area contributed by atoms with E-state index in [1.807, 2.05) is 0 Å². The molecule has 0 aromatic rings. The molecule has 0 radical (unpaired) electrons. The van der Waals surface area contributed by atoms with E-state index in [1.165, 1.54) is 5.57 Å². The smallest absolute Gasteiger partial charge is 0.186 e. The Bertz CT molecular complexity index is 1310. The minimum absolute atomic E-state index is 0.0594. The van der Waals surface area contributed by atoms with Crippen LogP contribution < -0.4 is 0 Å². The van der Waals surface area contributed by atoms with Crippen LogP contribution in [0, 0.1) is 45.3 Å². The molecular weight excluding hydrogens is 700 g/mol. The fourth-order valence-corrected chi connectivity index (χ4v) is 13.0. The summed E-state index contributed by atoms with van der Waals surface area (Å²) in [6, 6.07) is 0. The van der Waals surface area contributed by atoms with Crippen LogP contribution in [0.15, 0.2) is 11.6 Å². The molecule has 6 rings (SSSR count). The number of allylic oxidation sites excluding steroid dienone is 2. The van der Waals surface area contributed by atoms with Crippen LogP contribution in [0.3, 0.4) is 0 Å². The molecule has 4 aliphatic carbocycles. The minimum Gasteiger partial charge on any atom is -0.396 e. The molecule has 9 N–H and O–H groups in total. The lowest BCUT2D eigenvalue weighted by molar-refractivity contribution is -0.333. The Hall–Kier alpha value is -0.780. The Labute approximate surface area is 320 Å². The lowest BCUT2D eigenvalue weighted by Crippen LogP contribution is -2.67. The Morgan fingerprint density at radius 1 is 0.685 bits per heavy atom. The summed E-state index contributed by atoms with van der Waals surface area (Å²) >= 11 is 0. The van der Waals surface area contributed by atoms with E-state index in [0.717, 1.165) is 51.4 Å². The van der Waals surface area contributed by atoms with Crippen molar-refractivity contribution in [2.24, 2.45) is 45.3 Å². The molecule has 0 unspecified atom stereocenters. The largest absolute Gasteiger partial charge is 0.396 e. The molecule has 0 amide bonds. The molecule has 6 fully saturated rings. The standard InChI is InChI=1S/C41H70O13/c1-21(2)8-7-9-24(51-36-34(49)32(47)30(45)25(18-42)52-36)22-12-15-39(5)23(22)10-11-28-40(39,6)16-13-27-38(3,4)29(14-17-41(27,28)20-44)54-37-35(50)33(48)31(46)26(19-43)53-37/h8,22-37,42-50H,7,9-20H2,1-6H3/t22-,23+,24-,25+,26+,27+,28-,29+,30+,31+,32-,33-,34+,35+,36+,37-,39+,40+,41-/m0/s1. The zero-order chi connectivity index (χ0) is 39.5. The van der Waals surface area contributed by atoms with E-state index in [2.05, 4.69) is 47.6 Å². The monoisotopic (exact) mass is 770 g/mol. The maximum atomic E-state index is 11.5. The highest BCUT2D eigenvalue weighted by Gasteiger charge is 2.70. The van der Waals surface area contributed by atoms with Crippen LogP contribution in [-0.4, -0.2) is 139 Å². The third kappa shape index (κ3) is 6.96. The number of hydrogen-bond acceptors (Lipinski definition) is 13. The molecule has 13 heteroatoms. The van der Waals surface area contributed by atoms with Crippen molar-refractivity contribution in [3.8, 4) is 0 Å². The molecule has 2 aliphatic heterocycles. The van der Waals surface area contributed by atoms with E-state index >= 15 is 0 Å². The summed E-state index contributed by atoms with van der Waals surface area (Å²) in [6.45, 7) is 12.4. The number of aliphatic hydroxyl groups is 9. The summed E-state index contributed by atoms with van der Waals surface area (Å²) in [7, 11) is 0. The predicted molar refractivity (Wildman–Crippen MR) is 196 cm³/mol. The molecule has 13 nitrogen and oxygen atoms in total. The first-order chi connectivity index (χ1) is 25.4. The predicted octanol–water partition coefficient (Wildman–Crippen LogP) is 1.76. The first-order valence-electron chi connectivity index (χ1n) is 20.6. The minimum atomic E-state index is -1.51. The molecule has 0 aromatic carbocycles. The molecule has 0 bridgehead atoms. The van der Waals surface area contributed by atoms with E-state index < -0.39 is 80.0 Å². The summed E-state index contributed by atoms with van der Waals surface area (Å²) in [5.74, 6) is 0.830. The average Bonchev–Trinajstić information content (AvgIpc) is 3.49. The van der Waals surface area contributed by atoms with Crippen LogP contribution in [0.1, 0.15) is 106 Å². The zero-order valence-electron chi connectivity index (χ0n) is 33.2. The molecular formula is C41H70O13. The van der Waals surface area contributed by atoms with Crippen molar-refractivity contribution in [3.05, 3.63) is 11.6 Å². The van der Waals surface area contributed by atoms with Crippen LogP contribution in [0.4, 0.5) is 0 Å². The first-order valence-corrected chi connectivity index (χ1v) is 20.6. The summed E-state index contributed by atoms with van der Waals surface area (Å²) in [5.41, 5.74) is 0.279.